The van der Waals surface area contributed by atoms with E-state index in [0.29, 0.717) is 30.4 Å². The van der Waals surface area contributed by atoms with Gasteiger partial charge in [0.05, 0.1) is 4.90 Å². The maximum atomic E-state index is 12.6. The fourth-order valence-electron chi connectivity index (χ4n) is 2.48. The van der Waals surface area contributed by atoms with Gasteiger partial charge in [-0.2, -0.15) is 0 Å². The van der Waals surface area contributed by atoms with E-state index < -0.39 is 15.6 Å². The average Bonchev–Trinajstić information content (AvgIpc) is 2.45. The largest absolute Gasteiger partial charge is 0.444 e. The molecule has 1 aromatic carbocycles. The zero-order chi connectivity index (χ0) is 18.8. The minimum Gasteiger partial charge on any atom is -0.444 e. The fourth-order valence-corrected chi connectivity index (χ4v) is 5.53. The first-order chi connectivity index (χ1) is 11.5. The summed E-state index contributed by atoms with van der Waals surface area (Å²) in [5.74, 6) is 0. The molecule has 0 saturated carbocycles. The second kappa shape index (κ2) is 7.94. The van der Waals surface area contributed by atoms with Crippen LogP contribution in [0.2, 0.25) is 0 Å². The maximum absolute atomic E-state index is 12.6. The molecule has 0 bridgehead atoms. The monoisotopic (exact) mass is 496 g/mol. The molecule has 2 rings (SSSR count). The number of likely N-dealkylation sites (tertiary alicyclic amines) is 1. The number of ether oxygens (including phenoxy) is 1. The van der Waals surface area contributed by atoms with Gasteiger partial charge in [0, 0.05) is 28.1 Å². The molecular weight excluding hydrogens is 476 g/mol. The molecule has 1 aliphatic rings. The third-order valence-corrected chi connectivity index (χ3v) is 6.64. The quantitative estimate of drug-likeness (QED) is 0.687. The molecule has 1 aromatic rings. The van der Waals surface area contributed by atoms with Crippen molar-refractivity contribution in [2.45, 2.75) is 50.2 Å². The maximum Gasteiger partial charge on any atom is 0.410 e. The second-order valence-electron chi connectivity index (χ2n) is 6.94. The van der Waals surface area contributed by atoms with Crippen LogP contribution in [-0.2, 0) is 14.8 Å². The lowest BCUT2D eigenvalue weighted by Gasteiger charge is -2.33. The summed E-state index contributed by atoms with van der Waals surface area (Å²) in [6.45, 7) is 6.39. The molecule has 1 amide bonds. The predicted octanol–water partition coefficient (Wildman–Crippen LogP) is 3.89. The Kier molecular flexibility index (Phi) is 6.56. The van der Waals surface area contributed by atoms with E-state index in [1.165, 1.54) is 0 Å². The molecule has 1 N–H and O–H groups in total. The number of benzene rings is 1. The van der Waals surface area contributed by atoms with Crippen molar-refractivity contribution in [1.29, 1.82) is 0 Å². The van der Waals surface area contributed by atoms with Crippen LogP contribution in [-0.4, -0.2) is 44.1 Å². The van der Waals surface area contributed by atoms with Gasteiger partial charge in [0.25, 0.3) is 0 Å². The second-order valence-corrected chi connectivity index (χ2v) is 10.4. The van der Waals surface area contributed by atoms with Gasteiger partial charge < -0.3 is 9.64 Å². The molecule has 1 fully saturated rings. The number of sulfonamides is 1. The average molecular weight is 498 g/mol. The Morgan fingerprint density at radius 2 is 1.84 bits per heavy atom. The molecule has 0 aliphatic carbocycles. The van der Waals surface area contributed by atoms with E-state index in [4.69, 9.17) is 4.74 Å². The van der Waals surface area contributed by atoms with Gasteiger partial charge in [-0.3, -0.25) is 0 Å². The van der Waals surface area contributed by atoms with Gasteiger partial charge >= 0.3 is 6.09 Å². The molecule has 6 nitrogen and oxygen atoms in total. The number of hydrogen-bond acceptors (Lipinski definition) is 4. The number of hydrogen-bond donors (Lipinski definition) is 1. The van der Waals surface area contributed by atoms with Crippen LogP contribution in [0.1, 0.15) is 33.6 Å². The van der Waals surface area contributed by atoms with Crippen LogP contribution >= 0.6 is 31.9 Å². The molecule has 1 saturated heterocycles. The van der Waals surface area contributed by atoms with Crippen molar-refractivity contribution in [3.8, 4) is 0 Å². The number of rotatable bonds is 3. The number of carbonyl (C=O) groups is 1. The summed E-state index contributed by atoms with van der Waals surface area (Å²) in [5.41, 5.74) is -0.538. The molecule has 0 spiro atoms. The van der Waals surface area contributed by atoms with Gasteiger partial charge in [-0.05, 0) is 67.7 Å². The minimum absolute atomic E-state index is 0.199. The van der Waals surface area contributed by atoms with E-state index in [9.17, 15) is 13.2 Å². The van der Waals surface area contributed by atoms with Gasteiger partial charge in [0.15, 0.2) is 0 Å². The van der Waals surface area contributed by atoms with Crippen LogP contribution < -0.4 is 4.72 Å². The van der Waals surface area contributed by atoms with Gasteiger partial charge in [0.1, 0.15) is 5.60 Å². The number of amides is 1. The Hall–Kier alpha value is -0.640. The van der Waals surface area contributed by atoms with E-state index in [2.05, 4.69) is 36.6 Å². The standard InChI is InChI=1S/C16H22Br2N2O4S/c1-16(2,3)24-15(21)20-8-6-12(7-9-20)19-25(22,23)14-5-4-11(17)10-13(14)18/h4-5,10,12,19H,6-9H2,1-3H3. The third-order valence-electron chi connectivity index (χ3n) is 3.65. The van der Waals surface area contributed by atoms with Crippen LogP contribution in [0.25, 0.3) is 0 Å². The highest BCUT2D eigenvalue weighted by Gasteiger charge is 2.29. The van der Waals surface area contributed by atoms with Crippen molar-refractivity contribution in [3.63, 3.8) is 0 Å². The van der Waals surface area contributed by atoms with Crippen molar-refractivity contribution in [2.24, 2.45) is 0 Å². The van der Waals surface area contributed by atoms with Crippen molar-refractivity contribution in [2.75, 3.05) is 13.1 Å². The molecule has 0 atom stereocenters. The molecule has 25 heavy (non-hydrogen) atoms. The molecule has 0 radical (unpaired) electrons. The van der Waals surface area contributed by atoms with Crippen molar-refractivity contribution in [3.05, 3.63) is 27.1 Å². The summed E-state index contributed by atoms with van der Waals surface area (Å²) < 4.78 is 34.5. The van der Waals surface area contributed by atoms with E-state index in [-0.39, 0.29) is 17.0 Å². The topological polar surface area (TPSA) is 75.7 Å². The number of piperidine rings is 1. The van der Waals surface area contributed by atoms with E-state index in [0.717, 1.165) is 4.47 Å². The lowest BCUT2D eigenvalue weighted by Crippen LogP contribution is -2.47. The highest BCUT2D eigenvalue weighted by molar-refractivity contribution is 9.11. The number of nitrogens with zero attached hydrogens (tertiary/aromatic N) is 1. The lowest BCUT2D eigenvalue weighted by atomic mass is 10.1. The highest BCUT2D eigenvalue weighted by Crippen LogP contribution is 2.26. The van der Waals surface area contributed by atoms with Gasteiger partial charge in [-0.1, -0.05) is 15.9 Å². The van der Waals surface area contributed by atoms with Crippen molar-refractivity contribution in [1.82, 2.24) is 9.62 Å². The normalized spacial score (nSPS) is 16.8. The van der Waals surface area contributed by atoms with Gasteiger partial charge in [-0.15, -0.1) is 0 Å². The van der Waals surface area contributed by atoms with Crippen molar-refractivity contribution < 1.29 is 17.9 Å². The van der Waals surface area contributed by atoms with Crippen LogP contribution in [0, 0.1) is 0 Å². The highest BCUT2D eigenvalue weighted by atomic mass is 79.9. The lowest BCUT2D eigenvalue weighted by molar-refractivity contribution is 0.0203. The SMILES string of the molecule is CC(C)(C)OC(=O)N1CCC(NS(=O)(=O)c2ccc(Br)cc2Br)CC1. The first kappa shape index (κ1) is 20.7. The minimum atomic E-state index is -3.63. The van der Waals surface area contributed by atoms with Crippen LogP contribution in [0.3, 0.4) is 0 Å². The molecule has 0 unspecified atom stereocenters. The Bertz CT molecular complexity index is 739. The molecule has 1 heterocycles. The zero-order valence-electron chi connectivity index (χ0n) is 14.4. The Labute approximate surface area is 165 Å². The van der Waals surface area contributed by atoms with E-state index in [1.807, 2.05) is 20.8 Å². The Balaban J connectivity index is 1.96. The van der Waals surface area contributed by atoms with E-state index >= 15 is 0 Å². The fraction of sp³-hybridized carbons (Fsp3) is 0.562. The third kappa shape index (κ3) is 5.94. The number of carbonyl (C=O) groups excluding carboxylic acids is 1. The van der Waals surface area contributed by atoms with Crippen molar-refractivity contribution >= 4 is 48.0 Å². The van der Waals surface area contributed by atoms with Gasteiger partial charge in [0.2, 0.25) is 10.0 Å². The summed E-state index contributed by atoms with van der Waals surface area (Å²) in [6, 6.07) is 4.72. The predicted molar refractivity (Wildman–Crippen MR) is 103 cm³/mol. The Morgan fingerprint density at radius 3 is 2.36 bits per heavy atom. The van der Waals surface area contributed by atoms with Crippen LogP contribution in [0.5, 0.6) is 0 Å². The molecule has 140 valence electrons. The van der Waals surface area contributed by atoms with Crippen LogP contribution in [0.15, 0.2) is 32.0 Å². The zero-order valence-corrected chi connectivity index (χ0v) is 18.4. The number of halogens is 2. The van der Waals surface area contributed by atoms with E-state index in [1.54, 1.807) is 23.1 Å². The summed E-state index contributed by atoms with van der Waals surface area (Å²) in [4.78, 5) is 13.9. The molecule has 9 heteroatoms. The smallest absolute Gasteiger partial charge is 0.410 e. The van der Waals surface area contributed by atoms with Gasteiger partial charge in [-0.25, -0.2) is 17.9 Å². The summed E-state index contributed by atoms with van der Waals surface area (Å²) >= 11 is 6.59. The molecular formula is C16H22Br2N2O4S. The van der Waals surface area contributed by atoms with Crippen LogP contribution in [0.4, 0.5) is 4.79 Å². The summed E-state index contributed by atoms with van der Waals surface area (Å²) in [6.07, 6.45) is 0.739. The first-order valence-electron chi connectivity index (χ1n) is 7.93. The molecule has 1 aliphatic heterocycles. The summed E-state index contributed by atoms with van der Waals surface area (Å²) in [7, 11) is -3.63. The first-order valence-corrected chi connectivity index (χ1v) is 11.0. The Morgan fingerprint density at radius 1 is 1.24 bits per heavy atom. The molecule has 0 aromatic heterocycles. The summed E-state index contributed by atoms with van der Waals surface area (Å²) in [5, 5.41) is 0. The number of nitrogens with one attached hydrogen (secondary N) is 1.